The second kappa shape index (κ2) is 5.69. The molecule has 0 bridgehead atoms. The van der Waals surface area contributed by atoms with Gasteiger partial charge in [0.1, 0.15) is 6.17 Å². The predicted molar refractivity (Wildman–Crippen MR) is 105 cm³/mol. The highest BCUT2D eigenvalue weighted by molar-refractivity contribution is 7.89. The monoisotopic (exact) mass is 368 g/mol. The fourth-order valence-corrected chi connectivity index (χ4v) is 6.00. The number of rotatable bonds is 3. The molecule has 3 unspecified atom stereocenters. The highest BCUT2D eigenvalue weighted by atomic mass is 32.2. The zero-order valence-corrected chi connectivity index (χ0v) is 16.2. The third-order valence-electron chi connectivity index (χ3n) is 5.96. The van der Waals surface area contributed by atoms with Crippen molar-refractivity contribution in [2.24, 2.45) is 5.92 Å². The molecule has 0 aliphatic carbocycles. The van der Waals surface area contributed by atoms with Gasteiger partial charge in [-0.3, -0.25) is 0 Å². The summed E-state index contributed by atoms with van der Waals surface area (Å²) in [5.74, 6) is 0.0447. The van der Waals surface area contributed by atoms with Crippen LogP contribution in [0.3, 0.4) is 0 Å². The van der Waals surface area contributed by atoms with Crippen molar-refractivity contribution in [3.05, 3.63) is 71.8 Å². The highest BCUT2D eigenvalue weighted by Gasteiger charge is 2.58. The minimum atomic E-state index is -3.60. The standard InChI is InChI=1S/C21H24N2O2S/c1-5-16-13-23(26(24,25)17-9-6-14(2)7-10-17)20-21(16,4)18-12-15(3)8-11-19(18)22-20/h5-12,16,20,22H,1,13H2,2-4H3. The van der Waals surface area contributed by atoms with Gasteiger partial charge in [-0.05, 0) is 37.6 Å². The zero-order chi connectivity index (χ0) is 18.7. The van der Waals surface area contributed by atoms with Gasteiger partial charge in [0.25, 0.3) is 0 Å². The molecule has 5 heteroatoms. The molecule has 0 amide bonds. The fraction of sp³-hybridized carbons (Fsp3) is 0.333. The van der Waals surface area contributed by atoms with Crippen LogP contribution < -0.4 is 5.32 Å². The lowest BCUT2D eigenvalue weighted by molar-refractivity contribution is 0.350. The first-order chi connectivity index (χ1) is 12.3. The summed E-state index contributed by atoms with van der Waals surface area (Å²) in [5, 5.41) is 3.46. The number of benzene rings is 2. The normalized spacial score (nSPS) is 27.7. The van der Waals surface area contributed by atoms with Crippen LogP contribution in [0.15, 0.2) is 60.0 Å². The second-order valence-corrected chi connectivity index (χ2v) is 9.50. The van der Waals surface area contributed by atoms with Gasteiger partial charge in [-0.2, -0.15) is 4.31 Å². The lowest BCUT2D eigenvalue weighted by atomic mass is 9.73. The summed E-state index contributed by atoms with van der Waals surface area (Å²) >= 11 is 0. The molecule has 2 heterocycles. The fourth-order valence-electron chi connectivity index (χ4n) is 4.34. The van der Waals surface area contributed by atoms with Crippen LogP contribution in [0.5, 0.6) is 0 Å². The maximum absolute atomic E-state index is 13.4. The Balaban J connectivity index is 1.82. The molecule has 0 radical (unpaired) electrons. The van der Waals surface area contributed by atoms with Crippen molar-refractivity contribution in [1.82, 2.24) is 4.31 Å². The van der Waals surface area contributed by atoms with Crippen molar-refractivity contribution < 1.29 is 8.42 Å². The summed E-state index contributed by atoms with van der Waals surface area (Å²) < 4.78 is 28.3. The number of sulfonamides is 1. The Morgan fingerprint density at radius 3 is 2.46 bits per heavy atom. The third-order valence-corrected chi connectivity index (χ3v) is 7.81. The summed E-state index contributed by atoms with van der Waals surface area (Å²) in [6.07, 6.45) is 1.59. The topological polar surface area (TPSA) is 49.4 Å². The molecule has 1 fully saturated rings. The van der Waals surface area contributed by atoms with Gasteiger partial charge >= 0.3 is 0 Å². The minimum Gasteiger partial charge on any atom is -0.368 e. The van der Waals surface area contributed by atoms with Gasteiger partial charge in [-0.1, -0.05) is 48.4 Å². The SMILES string of the molecule is C=CC1CN(S(=O)(=O)c2ccc(C)cc2)C2Nc3ccc(C)cc3C12C. The van der Waals surface area contributed by atoms with Crippen LogP contribution >= 0.6 is 0 Å². The van der Waals surface area contributed by atoms with Crippen molar-refractivity contribution in [3.63, 3.8) is 0 Å². The van der Waals surface area contributed by atoms with E-state index in [0.717, 1.165) is 11.3 Å². The summed E-state index contributed by atoms with van der Waals surface area (Å²) in [6, 6.07) is 13.3. The Morgan fingerprint density at radius 2 is 1.81 bits per heavy atom. The van der Waals surface area contributed by atoms with Crippen molar-refractivity contribution >= 4 is 15.7 Å². The Morgan fingerprint density at radius 1 is 1.15 bits per heavy atom. The number of hydrogen-bond acceptors (Lipinski definition) is 3. The van der Waals surface area contributed by atoms with Crippen molar-refractivity contribution in [2.75, 3.05) is 11.9 Å². The van der Waals surface area contributed by atoms with Crippen LogP contribution in [-0.2, 0) is 15.4 Å². The predicted octanol–water partition coefficient (Wildman–Crippen LogP) is 3.82. The Bertz CT molecular complexity index is 982. The molecule has 136 valence electrons. The molecule has 2 aliphatic heterocycles. The van der Waals surface area contributed by atoms with E-state index in [-0.39, 0.29) is 17.5 Å². The van der Waals surface area contributed by atoms with E-state index in [0.29, 0.717) is 11.4 Å². The second-order valence-electron chi connectivity index (χ2n) is 7.61. The Kier molecular flexibility index (Phi) is 3.79. The molecule has 1 N–H and O–H groups in total. The minimum absolute atomic E-state index is 0.0447. The molecule has 0 aromatic heterocycles. The van der Waals surface area contributed by atoms with Gasteiger partial charge in [0.15, 0.2) is 0 Å². The van der Waals surface area contributed by atoms with E-state index in [9.17, 15) is 8.42 Å². The number of fused-ring (bicyclic) bond motifs is 3. The average molecular weight is 369 g/mol. The third kappa shape index (κ3) is 2.27. The largest absolute Gasteiger partial charge is 0.368 e. The number of hydrogen-bond donors (Lipinski definition) is 1. The first-order valence-electron chi connectivity index (χ1n) is 8.87. The molecule has 26 heavy (non-hydrogen) atoms. The maximum atomic E-state index is 13.4. The lowest BCUT2D eigenvalue weighted by Gasteiger charge is -2.31. The molecule has 2 aliphatic rings. The van der Waals surface area contributed by atoms with Crippen LogP contribution in [0, 0.1) is 19.8 Å². The van der Waals surface area contributed by atoms with Crippen LogP contribution in [0.4, 0.5) is 5.69 Å². The molecule has 1 saturated heterocycles. The van der Waals surface area contributed by atoms with E-state index in [1.54, 1.807) is 16.4 Å². The van der Waals surface area contributed by atoms with Crippen LogP contribution in [-0.4, -0.2) is 25.4 Å². The molecule has 2 aromatic carbocycles. The van der Waals surface area contributed by atoms with E-state index >= 15 is 0 Å². The average Bonchev–Trinajstić information content (AvgIpc) is 3.05. The molecular weight excluding hydrogens is 344 g/mol. The number of aryl methyl sites for hydroxylation is 2. The molecule has 3 atom stereocenters. The number of nitrogens with one attached hydrogen (secondary N) is 1. The lowest BCUT2D eigenvalue weighted by Crippen LogP contribution is -2.45. The zero-order valence-electron chi connectivity index (χ0n) is 15.4. The van der Waals surface area contributed by atoms with Gasteiger partial charge in [-0.15, -0.1) is 6.58 Å². The van der Waals surface area contributed by atoms with Gasteiger partial charge in [0.2, 0.25) is 10.0 Å². The summed E-state index contributed by atoms with van der Waals surface area (Å²) in [5.41, 5.74) is 4.07. The first kappa shape index (κ1) is 17.3. The molecule has 4 nitrogen and oxygen atoms in total. The molecular formula is C21H24N2O2S. The van der Waals surface area contributed by atoms with Crippen molar-refractivity contribution in [2.45, 2.75) is 37.2 Å². The summed E-state index contributed by atoms with van der Waals surface area (Å²) in [7, 11) is -3.60. The van der Waals surface area contributed by atoms with Crippen molar-refractivity contribution in [1.29, 1.82) is 0 Å². The molecule has 0 spiro atoms. The van der Waals surface area contributed by atoms with E-state index in [1.165, 1.54) is 11.1 Å². The van der Waals surface area contributed by atoms with Crippen LogP contribution in [0.2, 0.25) is 0 Å². The maximum Gasteiger partial charge on any atom is 0.244 e. The van der Waals surface area contributed by atoms with E-state index in [1.807, 2.05) is 31.2 Å². The molecule has 2 aromatic rings. The Hall–Kier alpha value is -2.11. The van der Waals surface area contributed by atoms with Crippen LogP contribution in [0.1, 0.15) is 23.6 Å². The highest BCUT2D eigenvalue weighted by Crippen LogP contribution is 2.53. The summed E-state index contributed by atoms with van der Waals surface area (Å²) in [6.45, 7) is 10.6. The summed E-state index contributed by atoms with van der Waals surface area (Å²) in [4.78, 5) is 0.337. The van der Waals surface area contributed by atoms with E-state index in [4.69, 9.17) is 0 Å². The first-order valence-corrected chi connectivity index (χ1v) is 10.3. The van der Waals surface area contributed by atoms with Gasteiger partial charge in [0, 0.05) is 23.6 Å². The van der Waals surface area contributed by atoms with E-state index < -0.39 is 10.0 Å². The Labute approximate surface area is 155 Å². The smallest absolute Gasteiger partial charge is 0.244 e. The van der Waals surface area contributed by atoms with Crippen molar-refractivity contribution in [3.8, 4) is 0 Å². The quantitative estimate of drug-likeness (QED) is 0.838. The van der Waals surface area contributed by atoms with E-state index in [2.05, 4.69) is 37.9 Å². The van der Waals surface area contributed by atoms with Gasteiger partial charge < -0.3 is 5.32 Å². The van der Waals surface area contributed by atoms with Crippen LogP contribution in [0.25, 0.3) is 0 Å². The molecule has 4 rings (SSSR count). The number of anilines is 1. The molecule has 0 saturated carbocycles. The van der Waals surface area contributed by atoms with Gasteiger partial charge in [-0.25, -0.2) is 8.42 Å². The van der Waals surface area contributed by atoms with Gasteiger partial charge in [0.05, 0.1) is 4.90 Å². The number of nitrogens with zero attached hydrogens (tertiary/aromatic N) is 1.